The molecule has 88 valence electrons. The molecular weight excluding hydrogens is 236 g/mol. The van der Waals surface area contributed by atoms with Crippen molar-refractivity contribution in [2.45, 2.75) is 6.61 Å². The molecule has 0 saturated carbocycles. The summed E-state index contributed by atoms with van der Waals surface area (Å²) in [6.07, 6.45) is 1.22. The molecule has 0 saturated heterocycles. The lowest BCUT2D eigenvalue weighted by Crippen LogP contribution is -2.06. The summed E-state index contributed by atoms with van der Waals surface area (Å²) in [5.41, 5.74) is 1.89. The van der Waals surface area contributed by atoms with E-state index in [1.807, 2.05) is 18.2 Å². The number of fused-ring (bicyclic) bond motifs is 1. The molecule has 0 radical (unpaired) electrons. The van der Waals surface area contributed by atoms with Gasteiger partial charge in [-0.3, -0.25) is 10.1 Å². The van der Waals surface area contributed by atoms with E-state index in [2.05, 4.69) is 16.9 Å². The lowest BCUT2D eigenvalue weighted by atomic mass is 10.2. The third-order valence-corrected chi connectivity index (χ3v) is 3.15. The molecular formula is C12H12N2O2S. The van der Waals surface area contributed by atoms with Gasteiger partial charge in [-0.25, -0.2) is 4.98 Å². The minimum atomic E-state index is -0.252. The average molecular weight is 248 g/mol. The molecule has 17 heavy (non-hydrogen) atoms. The van der Waals surface area contributed by atoms with Crippen LogP contribution in [-0.2, 0) is 16.1 Å². The molecule has 0 fully saturated rings. The number of para-hydroxylation sites is 1. The number of nitrogens with one attached hydrogen (secondary N) is 1. The van der Waals surface area contributed by atoms with E-state index >= 15 is 0 Å². The first kappa shape index (κ1) is 11.8. The van der Waals surface area contributed by atoms with Crippen LogP contribution in [0, 0.1) is 0 Å². The van der Waals surface area contributed by atoms with Crippen molar-refractivity contribution in [3.63, 3.8) is 0 Å². The summed E-state index contributed by atoms with van der Waals surface area (Å²) in [5, 5.41) is 3.24. The average Bonchev–Trinajstić information content (AvgIpc) is 2.72. The van der Waals surface area contributed by atoms with Crippen molar-refractivity contribution in [2.24, 2.45) is 0 Å². The smallest absolute Gasteiger partial charge is 0.249 e. The summed E-state index contributed by atoms with van der Waals surface area (Å²) >= 11 is 1.43. The predicted octanol–water partition coefficient (Wildman–Crippen LogP) is 2.57. The van der Waals surface area contributed by atoms with Crippen LogP contribution in [0.3, 0.4) is 0 Å². The van der Waals surface area contributed by atoms with E-state index in [-0.39, 0.29) is 5.91 Å². The summed E-state index contributed by atoms with van der Waals surface area (Å²) in [4.78, 5) is 15.6. The molecule has 0 atom stereocenters. The second-order valence-electron chi connectivity index (χ2n) is 3.41. The number of ether oxygens (including phenoxy) is 1. The molecule has 1 heterocycles. The van der Waals surface area contributed by atoms with Crippen molar-refractivity contribution >= 4 is 32.6 Å². The molecule has 2 aromatic rings. The van der Waals surface area contributed by atoms with E-state index in [4.69, 9.17) is 4.74 Å². The normalized spacial score (nSPS) is 10.4. The largest absolute Gasteiger partial charge is 0.380 e. The Kier molecular flexibility index (Phi) is 3.51. The highest BCUT2D eigenvalue weighted by atomic mass is 32.1. The summed E-state index contributed by atoms with van der Waals surface area (Å²) in [6.45, 7) is 3.91. The SMILES string of the molecule is C=CC(=O)Nc1nc2c(COC)cccc2s1. The topological polar surface area (TPSA) is 51.2 Å². The summed E-state index contributed by atoms with van der Waals surface area (Å²) in [7, 11) is 1.64. The first-order valence-electron chi connectivity index (χ1n) is 5.05. The fraction of sp³-hybridized carbons (Fsp3) is 0.167. The van der Waals surface area contributed by atoms with Gasteiger partial charge in [-0.2, -0.15) is 0 Å². The molecule has 0 aliphatic carbocycles. The van der Waals surface area contributed by atoms with Gasteiger partial charge in [0.05, 0.1) is 16.8 Å². The number of thiazole rings is 1. The van der Waals surface area contributed by atoms with Crippen LogP contribution >= 0.6 is 11.3 Å². The molecule has 0 bridgehead atoms. The maximum absolute atomic E-state index is 11.2. The molecule has 1 aromatic heterocycles. The maximum Gasteiger partial charge on any atom is 0.249 e. The zero-order valence-corrected chi connectivity index (χ0v) is 10.2. The van der Waals surface area contributed by atoms with Crippen LogP contribution in [-0.4, -0.2) is 18.0 Å². The number of amides is 1. The van der Waals surface area contributed by atoms with Gasteiger partial charge in [0.15, 0.2) is 5.13 Å². The minimum absolute atomic E-state index is 0.252. The number of benzene rings is 1. The number of carbonyl (C=O) groups excluding carboxylic acids is 1. The van der Waals surface area contributed by atoms with Crippen LogP contribution in [0.2, 0.25) is 0 Å². The van der Waals surface area contributed by atoms with Crippen LogP contribution in [0.15, 0.2) is 30.9 Å². The predicted molar refractivity (Wildman–Crippen MR) is 69.2 cm³/mol. The van der Waals surface area contributed by atoms with Gasteiger partial charge in [-0.15, -0.1) is 0 Å². The Hall–Kier alpha value is -1.72. The molecule has 4 nitrogen and oxygen atoms in total. The van der Waals surface area contributed by atoms with Gasteiger partial charge in [0.1, 0.15) is 0 Å². The van der Waals surface area contributed by atoms with Gasteiger partial charge in [-0.05, 0) is 12.1 Å². The maximum atomic E-state index is 11.2. The molecule has 0 aliphatic heterocycles. The Morgan fingerprint density at radius 1 is 1.65 bits per heavy atom. The van der Waals surface area contributed by atoms with Crippen LogP contribution in [0.1, 0.15) is 5.56 Å². The van der Waals surface area contributed by atoms with Gasteiger partial charge in [0.25, 0.3) is 0 Å². The van der Waals surface area contributed by atoms with Crippen LogP contribution in [0.25, 0.3) is 10.2 Å². The van der Waals surface area contributed by atoms with E-state index in [1.54, 1.807) is 7.11 Å². The molecule has 1 N–H and O–H groups in total. The number of carbonyl (C=O) groups is 1. The number of methoxy groups -OCH3 is 1. The minimum Gasteiger partial charge on any atom is -0.380 e. The standard InChI is InChI=1S/C12H12N2O2S/c1-3-10(15)13-12-14-11-8(7-16-2)5-4-6-9(11)17-12/h3-6H,1,7H2,2H3,(H,13,14,15). The van der Waals surface area contributed by atoms with Crippen LogP contribution in [0.4, 0.5) is 5.13 Å². The summed E-state index contributed by atoms with van der Waals surface area (Å²) < 4.78 is 6.14. The van der Waals surface area contributed by atoms with Crippen LogP contribution < -0.4 is 5.32 Å². The van der Waals surface area contributed by atoms with Crippen LogP contribution in [0.5, 0.6) is 0 Å². The Morgan fingerprint density at radius 3 is 3.18 bits per heavy atom. The molecule has 2 rings (SSSR count). The van der Waals surface area contributed by atoms with E-state index in [0.29, 0.717) is 11.7 Å². The monoisotopic (exact) mass is 248 g/mol. The molecule has 1 amide bonds. The van der Waals surface area contributed by atoms with E-state index in [9.17, 15) is 4.79 Å². The second-order valence-corrected chi connectivity index (χ2v) is 4.44. The fourth-order valence-corrected chi connectivity index (χ4v) is 2.40. The Bertz CT molecular complexity index is 563. The van der Waals surface area contributed by atoms with E-state index < -0.39 is 0 Å². The zero-order chi connectivity index (χ0) is 12.3. The number of anilines is 1. The highest BCUT2D eigenvalue weighted by molar-refractivity contribution is 7.22. The Labute approximate surface area is 103 Å². The highest BCUT2D eigenvalue weighted by Crippen LogP contribution is 2.28. The van der Waals surface area contributed by atoms with Gasteiger partial charge in [0, 0.05) is 12.7 Å². The van der Waals surface area contributed by atoms with Gasteiger partial charge in [-0.1, -0.05) is 30.0 Å². The zero-order valence-electron chi connectivity index (χ0n) is 9.40. The molecule has 0 aliphatic rings. The van der Waals surface area contributed by atoms with Gasteiger partial charge < -0.3 is 4.74 Å². The molecule has 0 unspecified atom stereocenters. The third kappa shape index (κ3) is 2.51. The van der Waals surface area contributed by atoms with E-state index in [0.717, 1.165) is 15.8 Å². The molecule has 0 spiro atoms. The second kappa shape index (κ2) is 5.07. The van der Waals surface area contributed by atoms with Gasteiger partial charge in [0.2, 0.25) is 5.91 Å². The van der Waals surface area contributed by atoms with Crippen molar-refractivity contribution in [3.05, 3.63) is 36.4 Å². The number of aromatic nitrogens is 1. The van der Waals surface area contributed by atoms with Crippen molar-refractivity contribution in [1.29, 1.82) is 0 Å². The Balaban J connectivity index is 2.39. The van der Waals surface area contributed by atoms with E-state index in [1.165, 1.54) is 17.4 Å². The number of nitrogens with zero attached hydrogens (tertiary/aromatic N) is 1. The fourth-order valence-electron chi connectivity index (χ4n) is 1.49. The quantitative estimate of drug-likeness (QED) is 0.846. The number of hydrogen-bond donors (Lipinski definition) is 1. The van der Waals surface area contributed by atoms with Crippen molar-refractivity contribution in [1.82, 2.24) is 4.98 Å². The van der Waals surface area contributed by atoms with Gasteiger partial charge >= 0.3 is 0 Å². The first-order valence-corrected chi connectivity index (χ1v) is 5.87. The van der Waals surface area contributed by atoms with Crippen molar-refractivity contribution < 1.29 is 9.53 Å². The lowest BCUT2D eigenvalue weighted by molar-refractivity contribution is -0.111. The Morgan fingerprint density at radius 2 is 2.47 bits per heavy atom. The van der Waals surface area contributed by atoms with Crippen molar-refractivity contribution in [2.75, 3.05) is 12.4 Å². The highest BCUT2D eigenvalue weighted by Gasteiger charge is 2.08. The molecule has 5 heteroatoms. The summed E-state index contributed by atoms with van der Waals surface area (Å²) in [6, 6.07) is 5.88. The first-order chi connectivity index (χ1) is 8.24. The lowest BCUT2D eigenvalue weighted by Gasteiger charge is -1.99. The van der Waals surface area contributed by atoms with Crippen molar-refractivity contribution in [3.8, 4) is 0 Å². The number of rotatable bonds is 4. The third-order valence-electron chi connectivity index (χ3n) is 2.22. The summed E-state index contributed by atoms with van der Waals surface area (Å²) in [5.74, 6) is -0.252. The number of hydrogen-bond acceptors (Lipinski definition) is 4. The molecule has 1 aromatic carbocycles.